The Kier molecular flexibility index (Phi) is 1.40. The van der Waals surface area contributed by atoms with Gasteiger partial charge in [0.2, 0.25) is 0 Å². The zero-order valence-electron chi connectivity index (χ0n) is 6.11. The number of nitrogens with one attached hydrogen (secondary N) is 1. The standard InChI is InChI=1S/C9H7ClN/c1-6-5-11-9-3-2-7(10)4-8(6)9/h2-4,11H,1H3. The van der Waals surface area contributed by atoms with E-state index in [1.165, 1.54) is 0 Å². The van der Waals surface area contributed by atoms with Crippen molar-refractivity contribution in [2.75, 3.05) is 0 Å². The van der Waals surface area contributed by atoms with E-state index in [9.17, 15) is 0 Å². The number of rotatable bonds is 0. The van der Waals surface area contributed by atoms with Gasteiger partial charge in [-0.2, -0.15) is 0 Å². The van der Waals surface area contributed by atoms with Gasteiger partial charge in [0.25, 0.3) is 0 Å². The number of aromatic nitrogens is 1. The van der Waals surface area contributed by atoms with Crippen molar-refractivity contribution in [3.8, 4) is 0 Å². The molecule has 1 nitrogen and oxygen atoms in total. The van der Waals surface area contributed by atoms with E-state index in [4.69, 9.17) is 11.6 Å². The fourth-order valence-corrected chi connectivity index (χ4v) is 1.34. The van der Waals surface area contributed by atoms with Crippen molar-refractivity contribution in [1.82, 2.24) is 4.98 Å². The summed E-state index contributed by atoms with van der Waals surface area (Å²) >= 11 is 5.82. The van der Waals surface area contributed by atoms with Gasteiger partial charge in [-0.25, -0.2) is 0 Å². The number of benzene rings is 1. The summed E-state index contributed by atoms with van der Waals surface area (Å²) in [6, 6.07) is 5.77. The number of hydrogen-bond donors (Lipinski definition) is 1. The molecule has 55 valence electrons. The molecule has 0 aliphatic carbocycles. The summed E-state index contributed by atoms with van der Waals surface area (Å²) in [5.74, 6) is 0. The molecule has 0 aliphatic heterocycles. The predicted molar refractivity (Wildman–Crippen MR) is 46.9 cm³/mol. The molecule has 2 heteroatoms. The number of aromatic amines is 1. The fraction of sp³-hybridized carbons (Fsp3) is 0.111. The first kappa shape index (κ1) is 6.74. The molecule has 0 atom stereocenters. The molecular weight excluding hydrogens is 158 g/mol. The van der Waals surface area contributed by atoms with Crippen LogP contribution in [0.3, 0.4) is 0 Å². The largest absolute Gasteiger partial charge is 0.353 e. The molecule has 0 saturated carbocycles. The Bertz CT molecular complexity index is 389. The van der Waals surface area contributed by atoms with Gasteiger partial charge in [0.15, 0.2) is 0 Å². The van der Waals surface area contributed by atoms with E-state index in [0.717, 1.165) is 21.5 Å². The Morgan fingerprint density at radius 3 is 3.09 bits per heavy atom. The SMILES string of the molecule is Cc1[c][nH]c2ccc(Cl)cc12. The van der Waals surface area contributed by atoms with Crippen molar-refractivity contribution in [2.24, 2.45) is 0 Å². The van der Waals surface area contributed by atoms with Crippen LogP contribution < -0.4 is 0 Å². The van der Waals surface area contributed by atoms with E-state index < -0.39 is 0 Å². The van der Waals surface area contributed by atoms with Gasteiger partial charge in [0, 0.05) is 15.9 Å². The Hall–Kier alpha value is -0.950. The number of H-pyrrole nitrogens is 1. The number of aryl methyl sites for hydroxylation is 1. The molecule has 0 bridgehead atoms. The van der Waals surface area contributed by atoms with Crippen molar-refractivity contribution in [3.05, 3.63) is 35.0 Å². The Labute approximate surface area is 70.0 Å². The molecule has 1 aromatic carbocycles. The maximum Gasteiger partial charge on any atom is 0.0663 e. The smallest absolute Gasteiger partial charge is 0.0663 e. The highest BCUT2D eigenvalue weighted by molar-refractivity contribution is 6.31. The summed E-state index contributed by atoms with van der Waals surface area (Å²) in [7, 11) is 0. The lowest BCUT2D eigenvalue weighted by atomic mass is 10.2. The van der Waals surface area contributed by atoms with Gasteiger partial charge >= 0.3 is 0 Å². The second kappa shape index (κ2) is 2.28. The molecule has 1 radical (unpaired) electrons. The van der Waals surface area contributed by atoms with Crippen molar-refractivity contribution < 1.29 is 0 Å². The monoisotopic (exact) mass is 164 g/mol. The molecule has 1 heterocycles. The highest BCUT2D eigenvalue weighted by Crippen LogP contribution is 2.20. The predicted octanol–water partition coefficient (Wildman–Crippen LogP) is 2.93. The summed E-state index contributed by atoms with van der Waals surface area (Å²) < 4.78 is 0. The van der Waals surface area contributed by atoms with Gasteiger partial charge < -0.3 is 4.98 Å². The zero-order valence-corrected chi connectivity index (χ0v) is 6.87. The van der Waals surface area contributed by atoms with Gasteiger partial charge in [-0.1, -0.05) is 11.6 Å². The van der Waals surface area contributed by atoms with Crippen LogP contribution in [-0.2, 0) is 0 Å². The van der Waals surface area contributed by atoms with Crippen LogP contribution in [0.25, 0.3) is 10.9 Å². The lowest BCUT2D eigenvalue weighted by Gasteiger charge is -1.91. The van der Waals surface area contributed by atoms with E-state index >= 15 is 0 Å². The molecule has 1 aromatic heterocycles. The average Bonchev–Trinajstić information content (AvgIpc) is 2.33. The number of hydrogen-bond acceptors (Lipinski definition) is 0. The third-order valence-corrected chi connectivity index (χ3v) is 2.01. The van der Waals surface area contributed by atoms with Crippen LogP contribution in [0.1, 0.15) is 5.56 Å². The molecule has 0 spiro atoms. The molecule has 0 saturated heterocycles. The summed E-state index contributed by atoms with van der Waals surface area (Å²) in [6.45, 7) is 2.01. The van der Waals surface area contributed by atoms with Crippen molar-refractivity contribution in [1.29, 1.82) is 0 Å². The topological polar surface area (TPSA) is 15.8 Å². The summed E-state index contributed by atoms with van der Waals surface area (Å²) in [5, 5.41) is 1.92. The Morgan fingerprint density at radius 2 is 2.27 bits per heavy atom. The molecule has 2 rings (SSSR count). The van der Waals surface area contributed by atoms with Gasteiger partial charge in [0.1, 0.15) is 0 Å². The van der Waals surface area contributed by atoms with Crippen LogP contribution in [0.2, 0.25) is 5.02 Å². The minimum Gasteiger partial charge on any atom is -0.353 e. The second-order valence-electron chi connectivity index (χ2n) is 2.56. The van der Waals surface area contributed by atoms with Crippen molar-refractivity contribution in [2.45, 2.75) is 6.92 Å². The van der Waals surface area contributed by atoms with Gasteiger partial charge in [-0.05, 0) is 30.7 Å². The maximum atomic E-state index is 5.82. The molecule has 2 aromatic rings. The summed E-state index contributed by atoms with van der Waals surface area (Å²) in [6.07, 6.45) is 3.02. The van der Waals surface area contributed by atoms with E-state index in [0.29, 0.717) is 0 Å². The molecule has 1 N–H and O–H groups in total. The molecule has 0 amide bonds. The normalized spacial score (nSPS) is 10.7. The number of fused-ring (bicyclic) bond motifs is 1. The van der Waals surface area contributed by atoms with Crippen LogP contribution in [0, 0.1) is 13.1 Å². The first-order valence-corrected chi connectivity index (χ1v) is 3.80. The van der Waals surface area contributed by atoms with E-state index in [1.54, 1.807) is 0 Å². The zero-order chi connectivity index (χ0) is 7.84. The first-order chi connectivity index (χ1) is 5.27. The van der Waals surface area contributed by atoms with E-state index in [-0.39, 0.29) is 0 Å². The third kappa shape index (κ3) is 1.02. The molecular formula is C9H7ClN. The molecule has 11 heavy (non-hydrogen) atoms. The quantitative estimate of drug-likeness (QED) is 0.616. The maximum absolute atomic E-state index is 5.82. The molecule has 0 fully saturated rings. The first-order valence-electron chi connectivity index (χ1n) is 3.43. The molecule has 0 aliphatic rings. The minimum absolute atomic E-state index is 0.772. The van der Waals surface area contributed by atoms with Crippen LogP contribution in [0.15, 0.2) is 18.2 Å². The lowest BCUT2D eigenvalue weighted by Crippen LogP contribution is -1.68. The van der Waals surface area contributed by atoms with Gasteiger partial charge in [-0.15, -0.1) is 0 Å². The van der Waals surface area contributed by atoms with Crippen LogP contribution in [0.4, 0.5) is 0 Å². The van der Waals surface area contributed by atoms with E-state index in [1.807, 2.05) is 25.1 Å². The third-order valence-electron chi connectivity index (χ3n) is 1.77. The van der Waals surface area contributed by atoms with Crippen LogP contribution >= 0.6 is 11.6 Å². The lowest BCUT2D eigenvalue weighted by molar-refractivity contribution is 1.40. The highest BCUT2D eigenvalue weighted by atomic mass is 35.5. The minimum atomic E-state index is 0.772. The van der Waals surface area contributed by atoms with Crippen molar-refractivity contribution >= 4 is 22.5 Å². The molecule has 0 unspecified atom stereocenters. The van der Waals surface area contributed by atoms with Crippen LogP contribution in [0.5, 0.6) is 0 Å². The summed E-state index contributed by atoms with van der Waals surface area (Å²) in [4.78, 5) is 3.03. The second-order valence-corrected chi connectivity index (χ2v) is 3.00. The number of halogens is 1. The van der Waals surface area contributed by atoms with Gasteiger partial charge in [-0.3, -0.25) is 0 Å². The van der Waals surface area contributed by atoms with E-state index in [2.05, 4.69) is 11.2 Å². The summed E-state index contributed by atoms with van der Waals surface area (Å²) in [5.41, 5.74) is 2.20. The van der Waals surface area contributed by atoms with Crippen LogP contribution in [-0.4, -0.2) is 4.98 Å². The fourth-order valence-electron chi connectivity index (χ4n) is 1.16. The van der Waals surface area contributed by atoms with Gasteiger partial charge in [0.05, 0.1) is 6.20 Å². The highest BCUT2D eigenvalue weighted by Gasteiger charge is 1.98. The Balaban J connectivity index is 2.87. The Morgan fingerprint density at radius 1 is 1.45 bits per heavy atom. The average molecular weight is 165 g/mol. The van der Waals surface area contributed by atoms with Crippen molar-refractivity contribution in [3.63, 3.8) is 0 Å².